The number of amides is 1. The van der Waals surface area contributed by atoms with Gasteiger partial charge in [0, 0.05) is 19.6 Å². The van der Waals surface area contributed by atoms with Gasteiger partial charge in [0.15, 0.2) is 0 Å². The van der Waals surface area contributed by atoms with Gasteiger partial charge in [-0.15, -0.1) is 0 Å². The van der Waals surface area contributed by atoms with Gasteiger partial charge in [0.25, 0.3) is 0 Å². The Balaban J connectivity index is 1.69. The number of piperidine rings is 1. The Labute approximate surface area is 140 Å². The second kappa shape index (κ2) is 9.04. The van der Waals surface area contributed by atoms with Crippen LogP contribution in [0, 0.1) is 5.92 Å². The number of carbonyl (C=O) groups is 1. The third-order valence-electron chi connectivity index (χ3n) is 4.42. The van der Waals surface area contributed by atoms with E-state index in [4.69, 9.17) is 4.74 Å². The first-order chi connectivity index (χ1) is 11.1. The minimum Gasteiger partial charge on any atom is -0.373 e. The summed E-state index contributed by atoms with van der Waals surface area (Å²) in [6.07, 6.45) is 2.29. The van der Waals surface area contributed by atoms with Gasteiger partial charge in [-0.2, -0.15) is 0 Å². The highest BCUT2D eigenvalue weighted by molar-refractivity contribution is 5.81. The van der Waals surface area contributed by atoms with Crippen molar-refractivity contribution < 1.29 is 9.53 Å². The smallest absolute Gasteiger partial charge is 0.237 e. The van der Waals surface area contributed by atoms with E-state index in [2.05, 4.69) is 36.2 Å². The predicted octanol–water partition coefficient (Wildman–Crippen LogP) is 2.83. The largest absolute Gasteiger partial charge is 0.373 e. The monoisotopic (exact) mass is 318 g/mol. The van der Waals surface area contributed by atoms with Gasteiger partial charge < -0.3 is 10.1 Å². The molecule has 1 heterocycles. The molecule has 0 bridgehead atoms. The molecule has 1 atom stereocenters. The molecule has 1 aromatic carbocycles. The summed E-state index contributed by atoms with van der Waals surface area (Å²) in [6.45, 7) is 9.50. The van der Waals surface area contributed by atoms with E-state index in [0.717, 1.165) is 32.5 Å². The average molecular weight is 318 g/mol. The highest BCUT2D eigenvalue weighted by Crippen LogP contribution is 2.17. The van der Waals surface area contributed by atoms with Crippen molar-refractivity contribution in [3.63, 3.8) is 0 Å². The molecule has 0 aromatic heterocycles. The van der Waals surface area contributed by atoms with Crippen LogP contribution in [0.3, 0.4) is 0 Å². The molecular weight excluding hydrogens is 288 g/mol. The highest BCUT2D eigenvalue weighted by Gasteiger charge is 2.26. The van der Waals surface area contributed by atoms with Crippen LogP contribution in [-0.4, -0.2) is 42.6 Å². The molecule has 2 rings (SSSR count). The summed E-state index contributed by atoms with van der Waals surface area (Å²) in [5, 5.41) is 3.03. The van der Waals surface area contributed by atoms with E-state index in [1.165, 1.54) is 5.56 Å². The Morgan fingerprint density at radius 1 is 1.22 bits per heavy atom. The van der Waals surface area contributed by atoms with Crippen molar-refractivity contribution in [1.29, 1.82) is 0 Å². The van der Waals surface area contributed by atoms with Crippen LogP contribution in [-0.2, 0) is 16.1 Å². The lowest BCUT2D eigenvalue weighted by Crippen LogP contribution is -2.49. The predicted molar refractivity (Wildman–Crippen MR) is 93.1 cm³/mol. The summed E-state index contributed by atoms with van der Waals surface area (Å²) < 4.78 is 6.01. The van der Waals surface area contributed by atoms with Crippen molar-refractivity contribution in [2.75, 3.05) is 19.6 Å². The summed E-state index contributed by atoms with van der Waals surface area (Å²) in [4.78, 5) is 14.4. The van der Waals surface area contributed by atoms with Crippen LogP contribution < -0.4 is 5.32 Å². The molecule has 1 aromatic rings. The Morgan fingerprint density at radius 2 is 1.87 bits per heavy atom. The van der Waals surface area contributed by atoms with E-state index < -0.39 is 0 Å². The highest BCUT2D eigenvalue weighted by atomic mass is 16.5. The molecule has 1 aliphatic heterocycles. The molecule has 1 fully saturated rings. The summed E-state index contributed by atoms with van der Waals surface area (Å²) >= 11 is 0. The maximum atomic E-state index is 12.2. The maximum absolute atomic E-state index is 12.2. The molecule has 1 aliphatic rings. The first-order valence-electron chi connectivity index (χ1n) is 8.73. The fraction of sp³-hybridized carbons (Fsp3) is 0.632. The minimum atomic E-state index is -0.0520. The number of nitrogens with zero attached hydrogens (tertiary/aromatic N) is 1. The van der Waals surface area contributed by atoms with E-state index in [-0.39, 0.29) is 11.9 Å². The van der Waals surface area contributed by atoms with Gasteiger partial charge >= 0.3 is 0 Å². The quantitative estimate of drug-likeness (QED) is 0.840. The molecule has 0 aliphatic carbocycles. The number of likely N-dealkylation sites (tertiary alicyclic amines) is 1. The van der Waals surface area contributed by atoms with Crippen LogP contribution in [0.15, 0.2) is 30.3 Å². The normalized spacial score (nSPS) is 18.1. The molecule has 0 radical (unpaired) electrons. The molecule has 1 saturated heterocycles. The Hall–Kier alpha value is -1.39. The molecule has 1 N–H and O–H groups in total. The van der Waals surface area contributed by atoms with E-state index in [9.17, 15) is 4.79 Å². The van der Waals surface area contributed by atoms with Crippen molar-refractivity contribution >= 4 is 5.91 Å². The molecule has 1 amide bonds. The lowest BCUT2D eigenvalue weighted by molar-refractivity contribution is -0.127. The van der Waals surface area contributed by atoms with Crippen molar-refractivity contribution in [1.82, 2.24) is 10.2 Å². The Bertz CT molecular complexity index is 468. The van der Waals surface area contributed by atoms with Crippen molar-refractivity contribution in [2.24, 2.45) is 5.92 Å². The lowest BCUT2D eigenvalue weighted by atomic mass is 10.1. The molecule has 128 valence electrons. The summed E-state index contributed by atoms with van der Waals surface area (Å²) in [6, 6.07) is 10.2. The van der Waals surface area contributed by atoms with Crippen LogP contribution in [0.2, 0.25) is 0 Å². The van der Waals surface area contributed by atoms with Crippen molar-refractivity contribution in [3.05, 3.63) is 35.9 Å². The lowest BCUT2D eigenvalue weighted by Gasteiger charge is -2.35. The number of benzene rings is 1. The van der Waals surface area contributed by atoms with Crippen molar-refractivity contribution in [2.45, 2.75) is 52.4 Å². The van der Waals surface area contributed by atoms with Crippen LogP contribution >= 0.6 is 0 Å². The topological polar surface area (TPSA) is 41.6 Å². The van der Waals surface area contributed by atoms with E-state index >= 15 is 0 Å². The third-order valence-corrected chi connectivity index (χ3v) is 4.42. The van der Waals surface area contributed by atoms with Crippen LogP contribution in [0.5, 0.6) is 0 Å². The van der Waals surface area contributed by atoms with Gasteiger partial charge in [-0.25, -0.2) is 0 Å². The van der Waals surface area contributed by atoms with Gasteiger partial charge in [-0.3, -0.25) is 9.69 Å². The number of rotatable bonds is 7. The summed E-state index contributed by atoms with van der Waals surface area (Å²) in [5.74, 6) is 0.630. The van der Waals surface area contributed by atoms with Crippen LogP contribution in [0.1, 0.15) is 39.2 Å². The Morgan fingerprint density at radius 3 is 2.48 bits per heavy atom. The molecule has 4 nitrogen and oxygen atoms in total. The average Bonchev–Trinajstić information content (AvgIpc) is 2.58. The van der Waals surface area contributed by atoms with Crippen molar-refractivity contribution in [3.8, 4) is 0 Å². The first-order valence-corrected chi connectivity index (χ1v) is 8.73. The van der Waals surface area contributed by atoms with E-state index in [0.29, 0.717) is 18.6 Å². The maximum Gasteiger partial charge on any atom is 0.237 e. The number of ether oxygens (including phenoxy) is 1. The van der Waals surface area contributed by atoms with Crippen LogP contribution in [0.4, 0.5) is 0 Å². The van der Waals surface area contributed by atoms with Gasteiger partial charge in [0.2, 0.25) is 5.91 Å². The second-order valence-corrected chi connectivity index (χ2v) is 6.85. The molecule has 0 saturated carbocycles. The van der Waals surface area contributed by atoms with Gasteiger partial charge in [0.1, 0.15) is 0 Å². The summed E-state index contributed by atoms with van der Waals surface area (Å²) in [5.41, 5.74) is 1.22. The first kappa shape index (κ1) is 18.0. The zero-order valence-corrected chi connectivity index (χ0v) is 14.6. The molecule has 0 spiro atoms. The molecule has 23 heavy (non-hydrogen) atoms. The molecule has 1 unspecified atom stereocenters. The van der Waals surface area contributed by atoms with Crippen LogP contribution in [0.25, 0.3) is 0 Å². The number of carbonyl (C=O) groups excluding carboxylic acids is 1. The van der Waals surface area contributed by atoms with Gasteiger partial charge in [-0.1, -0.05) is 44.2 Å². The number of hydrogen-bond acceptors (Lipinski definition) is 3. The Kier molecular flexibility index (Phi) is 7.06. The SMILES string of the molecule is CC(C)CNC(=O)C(C)N1CCC(OCc2ccccc2)CC1. The fourth-order valence-electron chi connectivity index (χ4n) is 2.84. The fourth-order valence-corrected chi connectivity index (χ4v) is 2.84. The number of hydrogen-bond donors (Lipinski definition) is 1. The zero-order valence-electron chi connectivity index (χ0n) is 14.6. The second-order valence-electron chi connectivity index (χ2n) is 6.85. The zero-order chi connectivity index (χ0) is 16.7. The molecule has 4 heteroatoms. The van der Waals surface area contributed by atoms with Gasteiger partial charge in [0.05, 0.1) is 18.8 Å². The molecular formula is C19H30N2O2. The minimum absolute atomic E-state index is 0.0520. The van der Waals surface area contributed by atoms with E-state index in [1.807, 2.05) is 25.1 Å². The van der Waals surface area contributed by atoms with Gasteiger partial charge in [-0.05, 0) is 31.2 Å². The third kappa shape index (κ3) is 5.96. The number of nitrogens with one attached hydrogen (secondary N) is 1. The standard InChI is InChI=1S/C19H30N2O2/c1-15(2)13-20-19(22)16(3)21-11-9-18(10-12-21)23-14-17-7-5-4-6-8-17/h4-8,15-16,18H,9-14H2,1-3H3,(H,20,22). The van der Waals surface area contributed by atoms with E-state index in [1.54, 1.807) is 0 Å². The summed E-state index contributed by atoms with van der Waals surface area (Å²) in [7, 11) is 0.